The topological polar surface area (TPSA) is 49.3 Å². The van der Waals surface area contributed by atoms with Gasteiger partial charge in [0.05, 0.1) is 12.0 Å². The van der Waals surface area contributed by atoms with Gasteiger partial charge in [-0.05, 0) is 12.5 Å². The number of hydrogen-bond acceptors (Lipinski definition) is 2. The van der Waals surface area contributed by atoms with Gasteiger partial charge >= 0.3 is 0 Å². The number of amides is 1. The number of allylic oxidation sites excluding steroid dienone is 1. The summed E-state index contributed by atoms with van der Waals surface area (Å²) in [5, 5.41) is 12.7. The zero-order valence-electron chi connectivity index (χ0n) is 9.55. The maximum absolute atomic E-state index is 11.6. The van der Waals surface area contributed by atoms with Crippen molar-refractivity contribution in [1.29, 1.82) is 0 Å². The first kappa shape index (κ1) is 12.5. The van der Waals surface area contributed by atoms with Crippen LogP contribution in [0.5, 0.6) is 0 Å². The summed E-state index contributed by atoms with van der Waals surface area (Å²) >= 11 is 0. The third-order valence-corrected chi connectivity index (χ3v) is 2.43. The van der Waals surface area contributed by atoms with E-state index < -0.39 is 12.0 Å². The van der Waals surface area contributed by atoms with E-state index >= 15 is 0 Å². The molecule has 0 fully saturated rings. The molecule has 1 rings (SSSR count). The molecule has 0 aliphatic carbocycles. The number of rotatable bonds is 4. The summed E-state index contributed by atoms with van der Waals surface area (Å²) in [6, 6.07) is 9.18. The van der Waals surface area contributed by atoms with Crippen LogP contribution in [0.3, 0.4) is 0 Å². The highest BCUT2D eigenvalue weighted by Crippen LogP contribution is 2.23. The van der Waals surface area contributed by atoms with E-state index in [1.165, 1.54) is 0 Å². The zero-order chi connectivity index (χ0) is 12.0. The third kappa shape index (κ3) is 2.94. The van der Waals surface area contributed by atoms with Crippen LogP contribution in [-0.2, 0) is 4.79 Å². The van der Waals surface area contributed by atoms with Crippen molar-refractivity contribution in [2.45, 2.75) is 13.0 Å². The van der Waals surface area contributed by atoms with Crippen LogP contribution in [0, 0.1) is 5.92 Å². The smallest absolute Gasteiger partial charge is 0.229 e. The number of hydrogen-bond donors (Lipinski definition) is 2. The number of benzene rings is 1. The lowest BCUT2D eigenvalue weighted by Crippen LogP contribution is -2.30. The standard InChI is InChI=1S/C13H17NO2/c1-3-7-11(13(16)14-2)12(15)10-8-5-4-6-9-10/h3-9,11-12,15H,1-2H3,(H,14,16)/b7-3+/t11-,12+/m1/s1. The molecule has 1 aromatic carbocycles. The Balaban J connectivity index is 2.91. The van der Waals surface area contributed by atoms with E-state index in [1.54, 1.807) is 19.2 Å². The molecule has 0 heterocycles. The summed E-state index contributed by atoms with van der Waals surface area (Å²) in [5.74, 6) is -0.730. The van der Waals surface area contributed by atoms with Crippen LogP contribution in [0.2, 0.25) is 0 Å². The van der Waals surface area contributed by atoms with Crippen molar-refractivity contribution in [3.63, 3.8) is 0 Å². The van der Waals surface area contributed by atoms with Gasteiger partial charge in [-0.15, -0.1) is 0 Å². The van der Waals surface area contributed by atoms with Crippen molar-refractivity contribution in [3.8, 4) is 0 Å². The first-order valence-corrected chi connectivity index (χ1v) is 5.28. The van der Waals surface area contributed by atoms with Gasteiger partial charge in [0.25, 0.3) is 0 Å². The first-order valence-electron chi connectivity index (χ1n) is 5.28. The highest BCUT2D eigenvalue weighted by Gasteiger charge is 2.24. The first-order chi connectivity index (χ1) is 7.70. The Morgan fingerprint density at radius 3 is 2.50 bits per heavy atom. The Morgan fingerprint density at radius 1 is 1.38 bits per heavy atom. The maximum atomic E-state index is 11.6. The molecule has 0 unspecified atom stereocenters. The maximum Gasteiger partial charge on any atom is 0.229 e. The van der Waals surface area contributed by atoms with Gasteiger partial charge in [0.15, 0.2) is 0 Å². The highest BCUT2D eigenvalue weighted by atomic mass is 16.3. The molecule has 0 aliphatic heterocycles. The number of carbonyl (C=O) groups excluding carboxylic acids is 1. The van der Waals surface area contributed by atoms with Crippen molar-refractivity contribution < 1.29 is 9.90 Å². The molecular weight excluding hydrogens is 202 g/mol. The van der Waals surface area contributed by atoms with Crippen molar-refractivity contribution in [3.05, 3.63) is 48.0 Å². The summed E-state index contributed by atoms with van der Waals surface area (Å²) in [7, 11) is 1.57. The predicted octanol–water partition coefficient (Wildman–Crippen LogP) is 1.66. The van der Waals surface area contributed by atoms with Gasteiger partial charge < -0.3 is 10.4 Å². The molecule has 0 bridgehead atoms. The van der Waals surface area contributed by atoms with Crippen molar-refractivity contribution in [2.24, 2.45) is 5.92 Å². The van der Waals surface area contributed by atoms with Crippen LogP contribution in [0.4, 0.5) is 0 Å². The van der Waals surface area contributed by atoms with E-state index in [1.807, 2.05) is 37.3 Å². The molecule has 0 saturated heterocycles. The van der Waals surface area contributed by atoms with Gasteiger partial charge in [-0.1, -0.05) is 42.5 Å². The number of aliphatic hydroxyl groups excluding tert-OH is 1. The molecular formula is C13H17NO2. The Hall–Kier alpha value is -1.61. The summed E-state index contributed by atoms with van der Waals surface area (Å²) < 4.78 is 0. The minimum atomic E-state index is -0.808. The fourth-order valence-corrected chi connectivity index (χ4v) is 1.57. The molecule has 1 amide bonds. The van der Waals surface area contributed by atoms with Gasteiger partial charge in [-0.3, -0.25) is 4.79 Å². The largest absolute Gasteiger partial charge is 0.387 e. The molecule has 0 radical (unpaired) electrons. The normalized spacial score (nSPS) is 14.7. The Labute approximate surface area is 95.8 Å². The minimum Gasteiger partial charge on any atom is -0.387 e. The van der Waals surface area contributed by atoms with E-state index in [2.05, 4.69) is 5.32 Å². The summed E-state index contributed by atoms with van der Waals surface area (Å²) in [6.07, 6.45) is 2.67. The van der Waals surface area contributed by atoms with Crippen LogP contribution >= 0.6 is 0 Å². The molecule has 3 nitrogen and oxygen atoms in total. The average molecular weight is 219 g/mol. The molecule has 0 aliphatic rings. The predicted molar refractivity (Wildman–Crippen MR) is 63.8 cm³/mol. The minimum absolute atomic E-state index is 0.186. The summed E-state index contributed by atoms with van der Waals surface area (Å²) in [4.78, 5) is 11.6. The Bertz CT molecular complexity index is 359. The second kappa shape index (κ2) is 6.08. The van der Waals surface area contributed by atoms with Crippen molar-refractivity contribution in [2.75, 3.05) is 7.05 Å². The second-order valence-corrected chi connectivity index (χ2v) is 3.52. The average Bonchev–Trinajstić information content (AvgIpc) is 2.35. The van der Waals surface area contributed by atoms with E-state index in [-0.39, 0.29) is 5.91 Å². The second-order valence-electron chi connectivity index (χ2n) is 3.52. The van der Waals surface area contributed by atoms with Crippen LogP contribution < -0.4 is 5.32 Å². The molecule has 16 heavy (non-hydrogen) atoms. The molecule has 0 spiro atoms. The number of carbonyl (C=O) groups is 1. The quantitative estimate of drug-likeness (QED) is 0.757. The summed E-state index contributed by atoms with van der Waals surface area (Å²) in [6.45, 7) is 1.83. The van der Waals surface area contributed by atoms with E-state index in [9.17, 15) is 9.90 Å². The molecule has 86 valence electrons. The van der Waals surface area contributed by atoms with E-state index in [0.29, 0.717) is 0 Å². The van der Waals surface area contributed by atoms with E-state index in [4.69, 9.17) is 0 Å². The van der Waals surface area contributed by atoms with Crippen LogP contribution in [0.15, 0.2) is 42.5 Å². The van der Waals surface area contributed by atoms with Crippen molar-refractivity contribution in [1.82, 2.24) is 5.32 Å². The van der Waals surface area contributed by atoms with Gasteiger partial charge in [0.2, 0.25) is 5.91 Å². The van der Waals surface area contributed by atoms with Gasteiger partial charge in [0, 0.05) is 7.05 Å². The fraction of sp³-hybridized carbons (Fsp3) is 0.308. The number of nitrogens with one attached hydrogen (secondary N) is 1. The lowest BCUT2D eigenvalue weighted by molar-refractivity contribution is -0.126. The summed E-state index contributed by atoms with van der Waals surface area (Å²) in [5.41, 5.74) is 0.745. The molecule has 2 atom stereocenters. The van der Waals surface area contributed by atoms with Crippen LogP contribution in [0.1, 0.15) is 18.6 Å². The SMILES string of the molecule is C/C=C/[C@@H](C(=O)NC)[C@@H](O)c1ccccc1. The third-order valence-electron chi connectivity index (χ3n) is 2.43. The van der Waals surface area contributed by atoms with Gasteiger partial charge in [-0.25, -0.2) is 0 Å². The monoisotopic (exact) mass is 219 g/mol. The van der Waals surface area contributed by atoms with Crippen LogP contribution in [0.25, 0.3) is 0 Å². The molecule has 2 N–H and O–H groups in total. The zero-order valence-corrected chi connectivity index (χ0v) is 9.55. The number of aliphatic hydroxyl groups is 1. The molecule has 0 saturated carbocycles. The Kier molecular flexibility index (Phi) is 4.73. The Morgan fingerprint density at radius 2 is 2.00 bits per heavy atom. The highest BCUT2D eigenvalue weighted by molar-refractivity contribution is 5.80. The lowest BCUT2D eigenvalue weighted by atomic mass is 9.94. The van der Waals surface area contributed by atoms with Crippen molar-refractivity contribution >= 4 is 5.91 Å². The molecule has 3 heteroatoms. The molecule has 0 aromatic heterocycles. The fourth-order valence-electron chi connectivity index (χ4n) is 1.57. The van der Waals surface area contributed by atoms with Gasteiger partial charge in [-0.2, -0.15) is 0 Å². The van der Waals surface area contributed by atoms with Gasteiger partial charge in [0.1, 0.15) is 0 Å². The lowest BCUT2D eigenvalue weighted by Gasteiger charge is -2.18. The van der Waals surface area contributed by atoms with Crippen LogP contribution in [-0.4, -0.2) is 18.1 Å². The van der Waals surface area contributed by atoms with E-state index in [0.717, 1.165) is 5.56 Å². The molecule has 1 aromatic rings.